The molecule has 1 heterocycles. The van der Waals surface area contributed by atoms with E-state index >= 15 is 0 Å². The van der Waals surface area contributed by atoms with Crippen molar-refractivity contribution in [2.24, 2.45) is 0 Å². The molecule has 1 amide bonds. The van der Waals surface area contributed by atoms with Crippen molar-refractivity contribution >= 4 is 28.9 Å². The van der Waals surface area contributed by atoms with E-state index < -0.39 is 6.04 Å². The second kappa shape index (κ2) is 9.57. The van der Waals surface area contributed by atoms with Gasteiger partial charge in [-0.25, -0.2) is 0 Å². The van der Waals surface area contributed by atoms with E-state index in [9.17, 15) is 4.79 Å². The van der Waals surface area contributed by atoms with Gasteiger partial charge in [0.2, 0.25) is 0 Å². The van der Waals surface area contributed by atoms with Crippen LogP contribution in [0.4, 0.5) is 5.69 Å². The van der Waals surface area contributed by atoms with Crippen LogP contribution in [-0.2, 0) is 4.79 Å². The summed E-state index contributed by atoms with van der Waals surface area (Å²) in [4.78, 5) is 13.3. The monoisotopic (exact) mass is 443 g/mol. The van der Waals surface area contributed by atoms with Crippen LogP contribution in [0.5, 0.6) is 23.0 Å². The summed E-state index contributed by atoms with van der Waals surface area (Å²) in [5, 5.41) is 9.54. The number of allylic oxidation sites excluding steroid dienone is 1. The fraction of sp³-hybridized carbons (Fsp3) is 0.273. The molecule has 1 aliphatic rings. The summed E-state index contributed by atoms with van der Waals surface area (Å²) in [6.45, 7) is 1.81. The van der Waals surface area contributed by atoms with Gasteiger partial charge in [-0.3, -0.25) is 4.79 Å². The molecule has 31 heavy (non-hydrogen) atoms. The van der Waals surface area contributed by atoms with Crippen LogP contribution in [0, 0.1) is 0 Å². The van der Waals surface area contributed by atoms with E-state index in [1.165, 1.54) is 7.11 Å². The minimum Gasteiger partial charge on any atom is -0.497 e. The Balaban J connectivity index is 1.98. The van der Waals surface area contributed by atoms with Crippen molar-refractivity contribution in [1.82, 2.24) is 10.6 Å². The van der Waals surface area contributed by atoms with Gasteiger partial charge in [-0.15, -0.1) is 0 Å². The largest absolute Gasteiger partial charge is 0.497 e. The molecule has 0 spiro atoms. The predicted octanol–water partition coefficient (Wildman–Crippen LogP) is 3.15. The first-order chi connectivity index (χ1) is 14.9. The van der Waals surface area contributed by atoms with Gasteiger partial charge < -0.3 is 34.9 Å². The summed E-state index contributed by atoms with van der Waals surface area (Å²) in [6, 6.07) is 10.2. The molecule has 0 aliphatic carbocycles. The number of benzene rings is 2. The maximum atomic E-state index is 13.3. The number of carbonyl (C=O) groups excluding carboxylic acids is 1. The Labute approximate surface area is 186 Å². The summed E-state index contributed by atoms with van der Waals surface area (Å²) in [5.74, 6) is 1.96. The minimum atomic E-state index is -0.488. The molecule has 1 atom stereocenters. The molecular formula is C22H25N3O5S. The summed E-state index contributed by atoms with van der Waals surface area (Å²) in [6.07, 6.45) is 0. The van der Waals surface area contributed by atoms with Gasteiger partial charge >= 0.3 is 0 Å². The summed E-state index contributed by atoms with van der Waals surface area (Å²) < 4.78 is 21.4. The molecule has 1 aliphatic heterocycles. The Bertz CT molecular complexity index is 1040. The first-order valence-corrected chi connectivity index (χ1v) is 9.86. The number of nitrogens with one attached hydrogen (secondary N) is 3. The number of carbonyl (C=O) groups is 1. The molecule has 0 aromatic heterocycles. The minimum absolute atomic E-state index is 0.303. The molecule has 0 saturated heterocycles. The lowest BCUT2D eigenvalue weighted by Crippen LogP contribution is -2.45. The van der Waals surface area contributed by atoms with E-state index in [2.05, 4.69) is 16.0 Å². The van der Waals surface area contributed by atoms with Crippen molar-refractivity contribution in [2.75, 3.05) is 33.8 Å². The first kappa shape index (κ1) is 22.2. The molecule has 0 radical (unpaired) electrons. The number of methoxy groups -OCH3 is 4. The van der Waals surface area contributed by atoms with E-state index in [0.29, 0.717) is 45.1 Å². The van der Waals surface area contributed by atoms with Gasteiger partial charge in [-0.1, -0.05) is 6.07 Å². The zero-order chi connectivity index (χ0) is 22.5. The molecule has 164 valence electrons. The van der Waals surface area contributed by atoms with E-state index in [-0.39, 0.29) is 5.91 Å². The number of ether oxygens (including phenoxy) is 4. The number of hydrogen-bond acceptors (Lipinski definition) is 6. The van der Waals surface area contributed by atoms with E-state index in [4.69, 9.17) is 31.2 Å². The van der Waals surface area contributed by atoms with Gasteiger partial charge in [0.05, 0.1) is 45.7 Å². The van der Waals surface area contributed by atoms with Gasteiger partial charge in [-0.05, 0) is 49.0 Å². The van der Waals surface area contributed by atoms with Crippen LogP contribution in [0.25, 0.3) is 0 Å². The third-order valence-electron chi connectivity index (χ3n) is 4.91. The topological polar surface area (TPSA) is 90.1 Å². The molecule has 2 aromatic rings. The Morgan fingerprint density at radius 1 is 0.935 bits per heavy atom. The van der Waals surface area contributed by atoms with E-state index in [1.807, 2.05) is 12.1 Å². The van der Waals surface area contributed by atoms with Crippen molar-refractivity contribution in [3.63, 3.8) is 0 Å². The molecule has 3 rings (SSSR count). The lowest BCUT2D eigenvalue weighted by molar-refractivity contribution is -0.113. The predicted molar refractivity (Wildman–Crippen MR) is 122 cm³/mol. The number of thiocarbonyl (C=S) groups is 1. The van der Waals surface area contributed by atoms with Crippen molar-refractivity contribution in [3.05, 3.63) is 53.2 Å². The average molecular weight is 444 g/mol. The molecule has 0 bridgehead atoms. The highest BCUT2D eigenvalue weighted by Crippen LogP contribution is 2.35. The summed E-state index contributed by atoms with van der Waals surface area (Å²) in [5.41, 5.74) is 2.45. The van der Waals surface area contributed by atoms with Gasteiger partial charge in [0.15, 0.2) is 16.6 Å². The molecule has 9 heteroatoms. The molecule has 0 saturated carbocycles. The number of rotatable bonds is 7. The van der Waals surface area contributed by atoms with Crippen LogP contribution in [-0.4, -0.2) is 39.5 Å². The Kier molecular flexibility index (Phi) is 6.86. The first-order valence-electron chi connectivity index (χ1n) is 9.45. The van der Waals surface area contributed by atoms with Gasteiger partial charge in [-0.2, -0.15) is 0 Å². The number of amides is 1. The van der Waals surface area contributed by atoms with E-state index in [1.54, 1.807) is 52.5 Å². The fourth-order valence-electron chi connectivity index (χ4n) is 3.37. The molecule has 1 unspecified atom stereocenters. The van der Waals surface area contributed by atoms with Crippen LogP contribution < -0.4 is 34.9 Å². The normalized spacial score (nSPS) is 15.5. The van der Waals surface area contributed by atoms with Crippen molar-refractivity contribution in [3.8, 4) is 23.0 Å². The zero-order valence-corrected chi connectivity index (χ0v) is 18.8. The van der Waals surface area contributed by atoms with Crippen molar-refractivity contribution in [2.45, 2.75) is 13.0 Å². The van der Waals surface area contributed by atoms with Crippen molar-refractivity contribution < 1.29 is 23.7 Å². The average Bonchev–Trinajstić information content (AvgIpc) is 2.78. The van der Waals surface area contributed by atoms with Gasteiger partial charge in [0.25, 0.3) is 5.91 Å². The molecule has 2 aromatic carbocycles. The number of anilines is 1. The maximum Gasteiger partial charge on any atom is 0.255 e. The third-order valence-corrected chi connectivity index (χ3v) is 5.13. The van der Waals surface area contributed by atoms with Gasteiger partial charge in [0.1, 0.15) is 11.5 Å². The fourth-order valence-corrected chi connectivity index (χ4v) is 3.64. The van der Waals surface area contributed by atoms with Crippen LogP contribution >= 0.6 is 12.2 Å². The number of hydrogen-bond donors (Lipinski definition) is 3. The quantitative estimate of drug-likeness (QED) is 0.563. The molecule has 3 N–H and O–H groups in total. The second-order valence-electron chi connectivity index (χ2n) is 6.70. The van der Waals surface area contributed by atoms with Crippen molar-refractivity contribution in [1.29, 1.82) is 0 Å². The van der Waals surface area contributed by atoms with Crippen LogP contribution in [0.15, 0.2) is 47.7 Å². The Hall–Kier alpha value is -3.46. The lowest BCUT2D eigenvalue weighted by Gasteiger charge is -2.30. The van der Waals surface area contributed by atoms with Crippen LogP contribution in [0.3, 0.4) is 0 Å². The Morgan fingerprint density at radius 2 is 1.65 bits per heavy atom. The molecule has 8 nitrogen and oxygen atoms in total. The standard InChI is InChI=1S/C22H25N3O5S/c1-12-19(21(26)24-15-8-7-14(27-2)11-17(15)29-4)20(25-22(31)23-12)13-6-9-16(28-3)18(10-13)30-5/h6-11,20H,1-5H3,(H,24,26)(H2,23,25,31). The van der Waals surface area contributed by atoms with Gasteiger partial charge in [0, 0.05) is 11.8 Å². The van der Waals surface area contributed by atoms with E-state index in [0.717, 1.165) is 5.56 Å². The summed E-state index contributed by atoms with van der Waals surface area (Å²) >= 11 is 5.33. The second-order valence-corrected chi connectivity index (χ2v) is 7.11. The zero-order valence-electron chi connectivity index (χ0n) is 18.0. The SMILES string of the molecule is COc1ccc(NC(=O)C2=C(C)NC(=S)NC2c2ccc(OC)c(OC)c2)c(OC)c1. The lowest BCUT2D eigenvalue weighted by atomic mass is 9.94. The highest BCUT2D eigenvalue weighted by Gasteiger charge is 2.31. The smallest absolute Gasteiger partial charge is 0.255 e. The molecule has 0 fully saturated rings. The maximum absolute atomic E-state index is 13.3. The van der Waals surface area contributed by atoms with Crippen LogP contribution in [0.1, 0.15) is 18.5 Å². The molecular weight excluding hydrogens is 418 g/mol. The van der Waals surface area contributed by atoms with Crippen LogP contribution in [0.2, 0.25) is 0 Å². The Morgan fingerprint density at radius 3 is 2.29 bits per heavy atom. The highest BCUT2D eigenvalue weighted by atomic mass is 32.1. The highest BCUT2D eigenvalue weighted by molar-refractivity contribution is 7.80. The summed E-state index contributed by atoms with van der Waals surface area (Å²) in [7, 11) is 6.23. The third kappa shape index (κ3) is 4.66.